The summed E-state index contributed by atoms with van der Waals surface area (Å²) in [4.78, 5) is 44.6. The molecule has 1 atom stereocenters. The average molecular weight is 393 g/mol. The number of aromatic nitrogens is 2. The number of ether oxygens (including phenoxy) is 2. The van der Waals surface area contributed by atoms with E-state index in [9.17, 15) is 14.4 Å². The number of benzene rings is 2. The third-order valence-corrected chi connectivity index (χ3v) is 5.04. The van der Waals surface area contributed by atoms with Gasteiger partial charge in [-0.3, -0.25) is 23.9 Å². The second-order valence-corrected chi connectivity index (χ2v) is 6.73. The summed E-state index contributed by atoms with van der Waals surface area (Å²) in [6.07, 6.45) is 0. The van der Waals surface area contributed by atoms with Gasteiger partial charge in [0.05, 0.1) is 31.7 Å². The van der Waals surface area contributed by atoms with Crippen molar-refractivity contribution in [3.63, 3.8) is 0 Å². The van der Waals surface area contributed by atoms with Crippen molar-refractivity contribution in [1.82, 2.24) is 14.5 Å². The number of carbonyl (C=O) groups excluding carboxylic acids is 2. The molecule has 0 spiro atoms. The van der Waals surface area contributed by atoms with Crippen molar-refractivity contribution in [2.24, 2.45) is 0 Å². The molecule has 8 heteroatoms. The summed E-state index contributed by atoms with van der Waals surface area (Å²) in [5, 5.41) is 0.246. The number of fused-ring (bicyclic) bond motifs is 2. The Morgan fingerprint density at radius 1 is 1.00 bits per heavy atom. The highest BCUT2D eigenvalue weighted by Crippen LogP contribution is 2.31. The van der Waals surface area contributed by atoms with E-state index in [0.717, 1.165) is 15.0 Å². The molecule has 0 saturated carbocycles. The van der Waals surface area contributed by atoms with Crippen LogP contribution in [0.5, 0.6) is 11.5 Å². The number of hydrogen-bond donors (Lipinski definition) is 0. The molecule has 29 heavy (non-hydrogen) atoms. The molecule has 148 valence electrons. The van der Waals surface area contributed by atoms with Crippen LogP contribution in [0.25, 0.3) is 10.9 Å². The van der Waals surface area contributed by atoms with Gasteiger partial charge in [0.1, 0.15) is 6.04 Å². The van der Waals surface area contributed by atoms with Crippen molar-refractivity contribution in [3.05, 3.63) is 64.2 Å². The van der Waals surface area contributed by atoms with Crippen molar-refractivity contribution in [2.75, 3.05) is 14.2 Å². The standard InChI is InChI=1S/C21H19N3O5/c1-12-19(25)23(11-13-7-5-4-6-8-13)21(27)18-22-15-10-17(29-3)16(28-2)9-14(15)20(26)24(12)18/h4-10,12H,11H2,1-3H3/t12-/m0/s1. The van der Waals surface area contributed by atoms with E-state index in [1.54, 1.807) is 13.0 Å². The molecule has 0 bridgehead atoms. The summed E-state index contributed by atoms with van der Waals surface area (Å²) in [7, 11) is 2.94. The molecule has 0 aliphatic carbocycles. The van der Waals surface area contributed by atoms with Crippen molar-refractivity contribution in [1.29, 1.82) is 0 Å². The lowest BCUT2D eigenvalue weighted by Crippen LogP contribution is -2.50. The molecule has 0 unspecified atom stereocenters. The van der Waals surface area contributed by atoms with Gasteiger partial charge >= 0.3 is 0 Å². The Morgan fingerprint density at radius 2 is 1.66 bits per heavy atom. The molecule has 4 rings (SSSR count). The van der Waals surface area contributed by atoms with E-state index in [4.69, 9.17) is 9.47 Å². The first kappa shape index (κ1) is 18.7. The Kier molecular flexibility index (Phi) is 4.54. The lowest BCUT2D eigenvalue weighted by Gasteiger charge is -2.31. The Bertz CT molecular complexity index is 1190. The van der Waals surface area contributed by atoms with E-state index in [1.165, 1.54) is 20.3 Å². The maximum Gasteiger partial charge on any atom is 0.296 e. The van der Waals surface area contributed by atoms with Gasteiger partial charge in [-0.2, -0.15) is 0 Å². The smallest absolute Gasteiger partial charge is 0.296 e. The molecule has 2 amide bonds. The first-order chi connectivity index (χ1) is 14.0. The van der Waals surface area contributed by atoms with Crippen LogP contribution in [-0.2, 0) is 11.3 Å². The number of methoxy groups -OCH3 is 2. The van der Waals surface area contributed by atoms with Crippen molar-refractivity contribution >= 4 is 22.7 Å². The maximum absolute atomic E-state index is 13.1. The molecule has 0 saturated heterocycles. The van der Waals surface area contributed by atoms with Gasteiger partial charge in [0, 0.05) is 6.07 Å². The number of rotatable bonds is 4. The van der Waals surface area contributed by atoms with Crippen LogP contribution in [0.1, 0.15) is 29.1 Å². The molecule has 1 aliphatic heterocycles. The zero-order valence-corrected chi connectivity index (χ0v) is 16.2. The lowest BCUT2D eigenvalue weighted by molar-refractivity contribution is -0.133. The SMILES string of the molecule is COc1cc2nc3n(c(=O)c2cc1OC)[C@@H](C)C(=O)N(Cc1ccccc1)C3=O. The van der Waals surface area contributed by atoms with Gasteiger partial charge < -0.3 is 9.47 Å². The van der Waals surface area contributed by atoms with Gasteiger partial charge in [-0.15, -0.1) is 0 Å². The molecule has 0 fully saturated rings. The van der Waals surface area contributed by atoms with Crippen molar-refractivity contribution < 1.29 is 19.1 Å². The average Bonchev–Trinajstić information content (AvgIpc) is 2.75. The van der Waals surface area contributed by atoms with E-state index in [0.29, 0.717) is 17.0 Å². The minimum Gasteiger partial charge on any atom is -0.493 e. The fourth-order valence-electron chi connectivity index (χ4n) is 3.51. The molecule has 0 N–H and O–H groups in total. The van der Waals surface area contributed by atoms with Crippen LogP contribution in [0.2, 0.25) is 0 Å². The van der Waals surface area contributed by atoms with Crippen LogP contribution in [0.15, 0.2) is 47.3 Å². The summed E-state index contributed by atoms with van der Waals surface area (Å²) < 4.78 is 11.7. The maximum atomic E-state index is 13.1. The number of nitrogens with zero attached hydrogens (tertiary/aromatic N) is 3. The summed E-state index contributed by atoms with van der Waals surface area (Å²) in [5.41, 5.74) is 0.636. The number of amides is 2. The van der Waals surface area contributed by atoms with Crippen LogP contribution >= 0.6 is 0 Å². The lowest BCUT2D eigenvalue weighted by atomic mass is 10.1. The minimum atomic E-state index is -0.857. The normalized spacial score (nSPS) is 16.1. The van der Waals surface area contributed by atoms with Gasteiger partial charge in [0.2, 0.25) is 5.82 Å². The van der Waals surface area contributed by atoms with Crippen LogP contribution in [0.3, 0.4) is 0 Å². The predicted molar refractivity (Wildman–Crippen MR) is 105 cm³/mol. The molecule has 2 aromatic carbocycles. The van der Waals surface area contributed by atoms with Gasteiger partial charge in [-0.25, -0.2) is 4.98 Å². The van der Waals surface area contributed by atoms with E-state index in [-0.39, 0.29) is 17.8 Å². The molecule has 1 aromatic heterocycles. The van der Waals surface area contributed by atoms with Crippen LogP contribution in [-0.4, -0.2) is 40.5 Å². The largest absolute Gasteiger partial charge is 0.493 e. The predicted octanol–water partition coefficient (Wildman–Crippen LogP) is 2.16. The zero-order valence-electron chi connectivity index (χ0n) is 16.2. The number of imide groups is 1. The zero-order chi connectivity index (χ0) is 20.7. The third kappa shape index (κ3) is 2.93. The Labute approximate surface area is 166 Å². The second kappa shape index (κ2) is 7.05. The highest BCUT2D eigenvalue weighted by atomic mass is 16.5. The topological polar surface area (TPSA) is 90.7 Å². The van der Waals surface area contributed by atoms with E-state index < -0.39 is 23.4 Å². The number of hydrogen-bond acceptors (Lipinski definition) is 6. The quantitative estimate of drug-likeness (QED) is 0.631. The monoisotopic (exact) mass is 393 g/mol. The number of carbonyl (C=O) groups is 2. The summed E-state index contributed by atoms with van der Waals surface area (Å²) in [6, 6.07) is 11.4. The summed E-state index contributed by atoms with van der Waals surface area (Å²) in [5.74, 6) is -0.366. The Morgan fingerprint density at radius 3 is 2.31 bits per heavy atom. The van der Waals surface area contributed by atoms with Gasteiger partial charge in [-0.1, -0.05) is 30.3 Å². The van der Waals surface area contributed by atoms with E-state index in [2.05, 4.69) is 4.98 Å². The first-order valence-electron chi connectivity index (χ1n) is 9.04. The Hall–Kier alpha value is -3.68. The van der Waals surface area contributed by atoms with Gasteiger partial charge in [-0.05, 0) is 18.6 Å². The van der Waals surface area contributed by atoms with Crippen molar-refractivity contribution in [2.45, 2.75) is 19.5 Å². The molecular formula is C21H19N3O5. The van der Waals surface area contributed by atoms with E-state index in [1.807, 2.05) is 30.3 Å². The van der Waals surface area contributed by atoms with Crippen LogP contribution < -0.4 is 15.0 Å². The summed E-state index contributed by atoms with van der Waals surface area (Å²) in [6.45, 7) is 1.70. The van der Waals surface area contributed by atoms with Crippen LogP contribution in [0, 0.1) is 0 Å². The molecule has 3 aromatic rings. The minimum absolute atomic E-state index is 0.0715. The second-order valence-electron chi connectivity index (χ2n) is 6.73. The van der Waals surface area contributed by atoms with Crippen molar-refractivity contribution in [3.8, 4) is 11.5 Å². The van der Waals surface area contributed by atoms with Crippen LogP contribution in [0.4, 0.5) is 0 Å². The highest BCUT2D eigenvalue weighted by Gasteiger charge is 2.38. The Balaban J connectivity index is 1.89. The molecule has 0 radical (unpaired) electrons. The molecule has 8 nitrogen and oxygen atoms in total. The molecular weight excluding hydrogens is 374 g/mol. The first-order valence-corrected chi connectivity index (χ1v) is 9.04. The van der Waals surface area contributed by atoms with Gasteiger partial charge in [0.25, 0.3) is 17.4 Å². The van der Waals surface area contributed by atoms with E-state index >= 15 is 0 Å². The fraction of sp³-hybridized carbons (Fsp3) is 0.238. The molecule has 2 heterocycles. The van der Waals surface area contributed by atoms with Gasteiger partial charge in [0.15, 0.2) is 11.5 Å². The fourth-order valence-corrected chi connectivity index (χ4v) is 3.51. The highest BCUT2D eigenvalue weighted by molar-refractivity contribution is 6.07. The third-order valence-electron chi connectivity index (χ3n) is 5.04. The summed E-state index contributed by atoms with van der Waals surface area (Å²) >= 11 is 0. The molecule has 1 aliphatic rings.